The second-order valence-corrected chi connectivity index (χ2v) is 10.5. The molecular formula is C27H37F2N. The summed E-state index contributed by atoms with van der Waals surface area (Å²) in [5.41, 5.74) is 0.312. The fourth-order valence-corrected chi connectivity index (χ4v) is 7.03. The number of hydrogen-bond donors (Lipinski definition) is 0. The van der Waals surface area contributed by atoms with Crippen molar-refractivity contribution in [3.05, 3.63) is 34.9 Å². The first-order valence-electron chi connectivity index (χ1n) is 12.5. The van der Waals surface area contributed by atoms with Crippen LogP contribution < -0.4 is 0 Å². The zero-order valence-electron chi connectivity index (χ0n) is 18.5. The van der Waals surface area contributed by atoms with Gasteiger partial charge in [0.05, 0.1) is 0 Å². The Labute approximate surface area is 181 Å². The number of hydrogen-bond acceptors (Lipinski definition) is 1. The van der Waals surface area contributed by atoms with Gasteiger partial charge in [0.2, 0.25) is 0 Å². The highest BCUT2D eigenvalue weighted by atomic mass is 19.1. The number of nitriles is 1. The van der Waals surface area contributed by atoms with Gasteiger partial charge in [0, 0.05) is 0 Å². The second-order valence-electron chi connectivity index (χ2n) is 10.5. The molecule has 164 valence electrons. The van der Waals surface area contributed by atoms with Crippen LogP contribution in [0.25, 0.3) is 0 Å². The maximum atomic E-state index is 14.1. The molecule has 3 saturated carbocycles. The van der Waals surface area contributed by atoms with Crippen molar-refractivity contribution in [3.63, 3.8) is 0 Å². The number of halogens is 2. The molecule has 3 aliphatic carbocycles. The van der Waals surface area contributed by atoms with Crippen LogP contribution >= 0.6 is 0 Å². The van der Waals surface area contributed by atoms with Crippen LogP contribution in [0.4, 0.5) is 8.78 Å². The second kappa shape index (κ2) is 9.80. The molecule has 0 radical (unpaired) electrons. The molecule has 0 amide bonds. The van der Waals surface area contributed by atoms with E-state index < -0.39 is 17.2 Å². The highest BCUT2D eigenvalue weighted by Crippen LogP contribution is 2.51. The lowest BCUT2D eigenvalue weighted by Crippen LogP contribution is -2.34. The number of fused-ring (bicyclic) bond motifs is 1. The fourth-order valence-electron chi connectivity index (χ4n) is 7.03. The molecule has 4 atom stereocenters. The number of nitrogens with zero attached hydrogens (tertiary/aromatic N) is 1. The third-order valence-electron chi connectivity index (χ3n) is 8.83. The molecule has 0 aromatic heterocycles. The minimum Gasteiger partial charge on any atom is -0.205 e. The van der Waals surface area contributed by atoms with Crippen LogP contribution in [0.2, 0.25) is 0 Å². The van der Waals surface area contributed by atoms with E-state index in [1.165, 1.54) is 82.8 Å². The van der Waals surface area contributed by atoms with Crippen molar-refractivity contribution >= 4 is 0 Å². The van der Waals surface area contributed by atoms with Crippen molar-refractivity contribution < 1.29 is 8.78 Å². The van der Waals surface area contributed by atoms with Crippen LogP contribution in [0.3, 0.4) is 0 Å². The van der Waals surface area contributed by atoms with Crippen molar-refractivity contribution in [1.29, 1.82) is 5.26 Å². The van der Waals surface area contributed by atoms with Gasteiger partial charge in [-0.05, 0) is 105 Å². The highest BCUT2D eigenvalue weighted by molar-refractivity contribution is 5.36. The van der Waals surface area contributed by atoms with Crippen molar-refractivity contribution in [2.24, 2.45) is 29.6 Å². The van der Waals surface area contributed by atoms with E-state index in [4.69, 9.17) is 5.26 Å². The Morgan fingerprint density at radius 2 is 1.40 bits per heavy atom. The maximum Gasteiger partial charge on any atom is 0.144 e. The summed E-state index contributed by atoms with van der Waals surface area (Å²) < 4.78 is 28.2. The van der Waals surface area contributed by atoms with Gasteiger partial charge >= 0.3 is 0 Å². The summed E-state index contributed by atoms with van der Waals surface area (Å²) in [6, 6.07) is 4.46. The van der Waals surface area contributed by atoms with Crippen molar-refractivity contribution in [3.8, 4) is 6.07 Å². The summed E-state index contributed by atoms with van der Waals surface area (Å²) >= 11 is 0. The van der Waals surface area contributed by atoms with E-state index in [0.29, 0.717) is 5.92 Å². The summed E-state index contributed by atoms with van der Waals surface area (Å²) in [4.78, 5) is 0. The largest absolute Gasteiger partial charge is 0.205 e. The topological polar surface area (TPSA) is 23.8 Å². The van der Waals surface area contributed by atoms with E-state index >= 15 is 0 Å². The van der Waals surface area contributed by atoms with Crippen LogP contribution in [0.15, 0.2) is 12.1 Å². The Bertz CT molecular complexity index is 736. The predicted molar refractivity (Wildman–Crippen MR) is 117 cm³/mol. The third kappa shape index (κ3) is 4.74. The Balaban J connectivity index is 1.31. The summed E-state index contributed by atoms with van der Waals surface area (Å²) in [7, 11) is 0. The molecule has 1 aromatic rings. The van der Waals surface area contributed by atoms with Crippen molar-refractivity contribution in [2.45, 2.75) is 96.3 Å². The molecule has 0 aliphatic heterocycles. The number of unbranched alkanes of at least 4 members (excludes halogenated alkanes) is 1. The molecule has 0 N–H and O–H groups in total. The van der Waals surface area contributed by atoms with E-state index in [0.717, 1.165) is 42.1 Å². The normalized spacial score (nSPS) is 34.2. The SMILES string of the molecule is CCCCC1CCC(C2CCC3CC(c4cc(F)c(C#N)c(F)c4)CCC3C2)CC1. The first-order chi connectivity index (χ1) is 14.6. The Morgan fingerprint density at radius 3 is 2.03 bits per heavy atom. The van der Waals surface area contributed by atoms with Crippen LogP contribution in [-0.4, -0.2) is 0 Å². The predicted octanol–water partition coefficient (Wildman–Crippen LogP) is 8.13. The zero-order valence-corrected chi connectivity index (χ0v) is 18.5. The molecule has 3 heteroatoms. The van der Waals surface area contributed by atoms with E-state index in [2.05, 4.69) is 6.92 Å². The van der Waals surface area contributed by atoms with Gasteiger partial charge in [-0.25, -0.2) is 8.78 Å². The summed E-state index contributed by atoms with van der Waals surface area (Å²) in [6.45, 7) is 2.30. The molecule has 3 aliphatic rings. The van der Waals surface area contributed by atoms with Gasteiger partial charge in [0.25, 0.3) is 0 Å². The van der Waals surface area contributed by atoms with E-state index in [1.807, 2.05) is 0 Å². The molecule has 30 heavy (non-hydrogen) atoms. The smallest absolute Gasteiger partial charge is 0.144 e. The van der Waals surface area contributed by atoms with E-state index in [-0.39, 0.29) is 5.92 Å². The fraction of sp³-hybridized carbons (Fsp3) is 0.741. The molecule has 1 aromatic carbocycles. The van der Waals surface area contributed by atoms with Crippen LogP contribution in [-0.2, 0) is 0 Å². The highest BCUT2D eigenvalue weighted by Gasteiger charge is 2.39. The van der Waals surface area contributed by atoms with Crippen molar-refractivity contribution in [1.82, 2.24) is 0 Å². The minimum absolute atomic E-state index is 0.244. The first-order valence-corrected chi connectivity index (χ1v) is 12.5. The minimum atomic E-state index is -0.701. The molecule has 3 fully saturated rings. The lowest BCUT2D eigenvalue weighted by molar-refractivity contribution is 0.0710. The maximum absolute atomic E-state index is 14.1. The summed E-state index contributed by atoms with van der Waals surface area (Å²) in [6.07, 6.45) is 17.3. The van der Waals surface area contributed by atoms with Gasteiger partial charge in [-0.3, -0.25) is 0 Å². The van der Waals surface area contributed by atoms with Crippen LogP contribution in [0.1, 0.15) is 107 Å². The lowest BCUT2D eigenvalue weighted by atomic mass is 9.60. The molecule has 0 heterocycles. The van der Waals surface area contributed by atoms with Crippen molar-refractivity contribution in [2.75, 3.05) is 0 Å². The molecule has 4 unspecified atom stereocenters. The number of rotatable bonds is 5. The quantitative estimate of drug-likeness (QED) is 0.478. The molecule has 0 saturated heterocycles. The average Bonchev–Trinajstić information content (AvgIpc) is 2.77. The number of benzene rings is 1. The third-order valence-corrected chi connectivity index (χ3v) is 8.83. The monoisotopic (exact) mass is 413 g/mol. The molecule has 4 rings (SSSR count). The van der Waals surface area contributed by atoms with Crippen LogP contribution in [0.5, 0.6) is 0 Å². The Morgan fingerprint density at radius 1 is 0.833 bits per heavy atom. The van der Waals surface area contributed by atoms with Gasteiger partial charge in [-0.1, -0.05) is 39.0 Å². The van der Waals surface area contributed by atoms with Crippen LogP contribution in [0, 0.1) is 52.6 Å². The molecule has 0 bridgehead atoms. The van der Waals surface area contributed by atoms with E-state index in [1.54, 1.807) is 6.07 Å². The van der Waals surface area contributed by atoms with E-state index in [9.17, 15) is 8.78 Å². The van der Waals surface area contributed by atoms with Gasteiger partial charge in [-0.2, -0.15) is 5.26 Å². The summed E-state index contributed by atoms with van der Waals surface area (Å²) in [5, 5.41) is 8.91. The first kappa shape index (κ1) is 21.8. The average molecular weight is 414 g/mol. The zero-order chi connectivity index (χ0) is 21.1. The van der Waals surface area contributed by atoms with Gasteiger partial charge in [0.1, 0.15) is 23.3 Å². The van der Waals surface area contributed by atoms with Gasteiger partial charge in [-0.15, -0.1) is 0 Å². The van der Waals surface area contributed by atoms with Gasteiger partial charge < -0.3 is 0 Å². The Hall–Kier alpha value is -1.43. The summed E-state index contributed by atoms with van der Waals surface area (Å²) in [5.74, 6) is 3.21. The van der Waals surface area contributed by atoms with Gasteiger partial charge in [0.15, 0.2) is 0 Å². The molecule has 0 spiro atoms. The lowest BCUT2D eigenvalue weighted by Gasteiger charge is -2.45. The molecular weight excluding hydrogens is 376 g/mol. The molecule has 1 nitrogen and oxygen atoms in total. The standard InChI is InChI=1S/C27H37F2N/c1-2-3-4-18-5-7-19(8-6-18)20-9-10-22-14-23(12-11-21(22)13-20)24-15-26(28)25(17-30)27(29)16-24/h15-16,18-23H,2-14H2,1H3. The Kier molecular flexibility index (Phi) is 7.12.